The summed E-state index contributed by atoms with van der Waals surface area (Å²) in [7, 11) is 0. The van der Waals surface area contributed by atoms with Crippen LogP contribution in [0.2, 0.25) is 0 Å². The van der Waals surface area contributed by atoms with E-state index in [9.17, 15) is 0 Å². The summed E-state index contributed by atoms with van der Waals surface area (Å²) in [6.45, 7) is 4.74. The van der Waals surface area contributed by atoms with E-state index in [1.165, 1.54) is 93.2 Å². The van der Waals surface area contributed by atoms with Gasteiger partial charge in [-0.15, -0.1) is 0 Å². The largest absolute Gasteiger partial charge is 0.455 e. The van der Waals surface area contributed by atoms with Gasteiger partial charge in [0, 0.05) is 27.3 Å². The summed E-state index contributed by atoms with van der Waals surface area (Å²) in [6.07, 6.45) is 0. The zero-order valence-electron chi connectivity index (χ0n) is 29.1. The minimum Gasteiger partial charge on any atom is -0.455 e. The first-order chi connectivity index (χ1) is 25.6. The maximum atomic E-state index is 6.95. The van der Waals surface area contributed by atoms with Gasteiger partial charge in [-0.25, -0.2) is 0 Å². The van der Waals surface area contributed by atoms with E-state index in [1.807, 2.05) is 0 Å². The number of hydrogen-bond acceptors (Lipinski definition) is 1. The van der Waals surface area contributed by atoms with Crippen LogP contribution in [0.15, 0.2) is 174 Å². The molecule has 0 amide bonds. The van der Waals surface area contributed by atoms with Crippen molar-refractivity contribution in [2.24, 2.45) is 0 Å². The minimum atomic E-state index is -0.165. The Morgan fingerprint density at radius 3 is 1.75 bits per heavy atom. The summed E-state index contributed by atoms with van der Waals surface area (Å²) in [4.78, 5) is 0. The third kappa shape index (κ3) is 4.05. The molecule has 0 unspecified atom stereocenters. The second-order valence-electron chi connectivity index (χ2n) is 14.8. The van der Waals surface area contributed by atoms with E-state index in [0.29, 0.717) is 0 Å². The van der Waals surface area contributed by atoms with Crippen LogP contribution >= 0.6 is 0 Å². The van der Waals surface area contributed by atoms with Gasteiger partial charge in [0.1, 0.15) is 11.2 Å². The Hall–Kier alpha value is -6.44. The lowest BCUT2D eigenvalue weighted by molar-refractivity contribution is 0.657. The van der Waals surface area contributed by atoms with Gasteiger partial charge >= 0.3 is 0 Å². The Bertz CT molecular complexity index is 3040. The molecule has 10 aromatic rings. The first-order valence-corrected chi connectivity index (χ1v) is 18.2. The number of furan rings is 1. The van der Waals surface area contributed by atoms with E-state index >= 15 is 0 Å². The van der Waals surface area contributed by atoms with Crippen LogP contribution in [0.1, 0.15) is 25.0 Å². The molecular formula is C51H34O. The monoisotopic (exact) mass is 662 g/mol. The molecule has 0 bridgehead atoms. The van der Waals surface area contributed by atoms with Gasteiger partial charge < -0.3 is 4.42 Å². The molecule has 0 radical (unpaired) electrons. The van der Waals surface area contributed by atoms with Crippen molar-refractivity contribution in [2.75, 3.05) is 0 Å². The first-order valence-electron chi connectivity index (χ1n) is 18.2. The number of fused-ring (bicyclic) bond motifs is 10. The maximum Gasteiger partial charge on any atom is 0.143 e. The average molecular weight is 663 g/mol. The summed E-state index contributed by atoms with van der Waals surface area (Å²) < 4.78 is 6.95. The van der Waals surface area contributed by atoms with Crippen LogP contribution in [-0.2, 0) is 5.41 Å². The summed E-state index contributed by atoms with van der Waals surface area (Å²) >= 11 is 0. The fourth-order valence-corrected chi connectivity index (χ4v) is 9.20. The Morgan fingerprint density at radius 1 is 0.385 bits per heavy atom. The predicted octanol–water partition coefficient (Wildman–Crippen LogP) is 14.4. The van der Waals surface area contributed by atoms with Crippen molar-refractivity contribution in [2.45, 2.75) is 19.3 Å². The molecule has 1 aromatic heterocycles. The van der Waals surface area contributed by atoms with Crippen molar-refractivity contribution in [3.05, 3.63) is 181 Å². The van der Waals surface area contributed by atoms with Crippen molar-refractivity contribution < 1.29 is 4.42 Å². The maximum absolute atomic E-state index is 6.95. The van der Waals surface area contributed by atoms with Crippen LogP contribution < -0.4 is 0 Å². The molecule has 1 nitrogen and oxygen atoms in total. The summed E-state index contributed by atoms with van der Waals surface area (Å²) in [5.41, 5.74) is 14.3. The molecule has 0 saturated carbocycles. The second kappa shape index (κ2) is 10.8. The standard InChI is InChI=1S/C51H34O/c1-51(2)43-24-11-9-22-40(43)48-44(51)30-42(50-49(48)41-23-10-12-25-45(41)52-50)47-38-20-7-5-18-36(38)46(37-19-6-8-21-39(37)47)35-17-13-16-33(29-35)34-27-26-31-14-3-4-15-32(31)28-34/h3-30H,1-2H3. The molecule has 11 rings (SSSR count). The van der Waals surface area contributed by atoms with Gasteiger partial charge in [0.25, 0.3) is 0 Å². The molecule has 1 heteroatoms. The number of hydrogen-bond donors (Lipinski definition) is 0. The van der Waals surface area contributed by atoms with E-state index in [-0.39, 0.29) is 5.41 Å². The second-order valence-corrected chi connectivity index (χ2v) is 14.8. The molecule has 1 aliphatic rings. The van der Waals surface area contributed by atoms with Crippen LogP contribution in [0.3, 0.4) is 0 Å². The molecule has 0 aliphatic heterocycles. The molecule has 0 saturated heterocycles. The molecule has 1 aliphatic carbocycles. The number of rotatable bonds is 3. The smallest absolute Gasteiger partial charge is 0.143 e. The highest BCUT2D eigenvalue weighted by Crippen LogP contribution is 2.56. The average Bonchev–Trinajstić information content (AvgIpc) is 3.69. The van der Waals surface area contributed by atoms with Crippen molar-refractivity contribution in [1.82, 2.24) is 0 Å². The van der Waals surface area contributed by atoms with Gasteiger partial charge in [-0.2, -0.15) is 0 Å². The van der Waals surface area contributed by atoms with Crippen LogP contribution in [-0.4, -0.2) is 0 Å². The molecule has 9 aromatic carbocycles. The topological polar surface area (TPSA) is 13.1 Å². The number of benzene rings is 9. The van der Waals surface area contributed by atoms with Gasteiger partial charge in [-0.05, 0) is 101 Å². The molecule has 1 heterocycles. The predicted molar refractivity (Wildman–Crippen MR) is 220 cm³/mol. The molecule has 0 atom stereocenters. The third-order valence-electron chi connectivity index (χ3n) is 11.6. The lowest BCUT2D eigenvalue weighted by Gasteiger charge is -2.23. The van der Waals surface area contributed by atoms with E-state index in [2.05, 4.69) is 184 Å². The SMILES string of the molecule is CC1(C)c2ccccc2-c2c1cc(-c1c3ccccc3c(-c3cccc(-c4ccc5ccccc5c4)c3)c3ccccc13)c1oc3ccccc3c21. The van der Waals surface area contributed by atoms with Gasteiger partial charge in [-0.1, -0.05) is 159 Å². The van der Waals surface area contributed by atoms with Crippen molar-refractivity contribution >= 4 is 54.3 Å². The molecule has 0 fully saturated rings. The summed E-state index contributed by atoms with van der Waals surface area (Å²) in [6, 6.07) is 62.3. The fraction of sp³-hybridized carbons (Fsp3) is 0.0588. The molecule has 0 N–H and O–H groups in total. The van der Waals surface area contributed by atoms with Gasteiger partial charge in [0.05, 0.1) is 0 Å². The van der Waals surface area contributed by atoms with Crippen molar-refractivity contribution in [3.63, 3.8) is 0 Å². The quantitative estimate of drug-likeness (QED) is 0.172. The third-order valence-corrected chi connectivity index (χ3v) is 11.6. The van der Waals surface area contributed by atoms with Crippen LogP contribution in [0.25, 0.3) is 98.8 Å². The molecule has 244 valence electrons. The lowest BCUT2D eigenvalue weighted by atomic mass is 9.79. The summed E-state index contributed by atoms with van der Waals surface area (Å²) in [5.74, 6) is 0. The fourth-order valence-electron chi connectivity index (χ4n) is 9.20. The Morgan fingerprint density at radius 2 is 0.981 bits per heavy atom. The molecule has 0 spiro atoms. The van der Waals surface area contributed by atoms with E-state index in [4.69, 9.17) is 4.42 Å². The van der Waals surface area contributed by atoms with Crippen molar-refractivity contribution in [3.8, 4) is 44.5 Å². The van der Waals surface area contributed by atoms with Crippen LogP contribution in [0.5, 0.6) is 0 Å². The Balaban J connectivity index is 1.23. The highest BCUT2D eigenvalue weighted by Gasteiger charge is 2.38. The summed E-state index contributed by atoms with van der Waals surface area (Å²) in [5, 5.41) is 9.80. The Labute approximate surface area is 302 Å². The number of para-hydroxylation sites is 1. The van der Waals surface area contributed by atoms with Gasteiger partial charge in [0.2, 0.25) is 0 Å². The highest BCUT2D eigenvalue weighted by atomic mass is 16.3. The minimum absolute atomic E-state index is 0.165. The van der Waals surface area contributed by atoms with E-state index < -0.39 is 0 Å². The normalized spacial score (nSPS) is 13.3. The van der Waals surface area contributed by atoms with Crippen molar-refractivity contribution in [1.29, 1.82) is 0 Å². The molecular weight excluding hydrogens is 629 g/mol. The van der Waals surface area contributed by atoms with Gasteiger partial charge in [0.15, 0.2) is 0 Å². The zero-order valence-corrected chi connectivity index (χ0v) is 29.1. The zero-order chi connectivity index (χ0) is 34.6. The first kappa shape index (κ1) is 29.3. The van der Waals surface area contributed by atoms with Crippen LogP contribution in [0, 0.1) is 0 Å². The van der Waals surface area contributed by atoms with Gasteiger partial charge in [-0.3, -0.25) is 0 Å². The Kier molecular flexibility index (Phi) is 6.08. The van der Waals surface area contributed by atoms with Crippen LogP contribution in [0.4, 0.5) is 0 Å². The molecule has 52 heavy (non-hydrogen) atoms. The highest BCUT2D eigenvalue weighted by molar-refractivity contribution is 6.26. The van der Waals surface area contributed by atoms with E-state index in [1.54, 1.807) is 0 Å². The van der Waals surface area contributed by atoms with E-state index in [0.717, 1.165) is 16.7 Å². The lowest BCUT2D eigenvalue weighted by Crippen LogP contribution is -2.15.